The Balaban J connectivity index is 2.06. The van der Waals surface area contributed by atoms with Crippen LogP contribution in [0.4, 0.5) is 0 Å². The monoisotopic (exact) mass is 365 g/mol. The Labute approximate surface area is 155 Å². The minimum Gasteiger partial charge on any atom is -0.504 e. The van der Waals surface area contributed by atoms with E-state index in [0.29, 0.717) is 12.1 Å². The van der Waals surface area contributed by atoms with Crippen molar-refractivity contribution < 1.29 is 10.2 Å². The number of nitrogens with zero attached hydrogens (tertiary/aromatic N) is 3. The first-order valence-electron chi connectivity index (χ1n) is 8.02. The van der Waals surface area contributed by atoms with Crippen molar-refractivity contribution in [1.82, 2.24) is 4.68 Å². The van der Waals surface area contributed by atoms with Gasteiger partial charge < -0.3 is 10.2 Å². The van der Waals surface area contributed by atoms with Gasteiger partial charge in [-0.2, -0.15) is 5.10 Å². The molecule has 0 unspecified atom stereocenters. The zero-order chi connectivity index (χ0) is 18.5. The van der Waals surface area contributed by atoms with Crippen molar-refractivity contribution in [3.63, 3.8) is 0 Å². The maximum atomic E-state index is 9.65. The molecule has 0 atom stereocenters. The van der Waals surface area contributed by atoms with Gasteiger partial charge in [-0.1, -0.05) is 42.5 Å². The second-order valence-electron chi connectivity index (χ2n) is 5.85. The number of benzene rings is 2. The van der Waals surface area contributed by atoms with Gasteiger partial charge >= 0.3 is 0 Å². The van der Waals surface area contributed by atoms with Crippen LogP contribution in [0.1, 0.15) is 12.5 Å². The molecule has 0 aliphatic carbocycles. The van der Waals surface area contributed by atoms with Gasteiger partial charge in [-0.3, -0.25) is 4.99 Å². The smallest absolute Gasteiger partial charge is 0.206 e. The molecular weight excluding hydrogens is 346 g/mol. The summed E-state index contributed by atoms with van der Waals surface area (Å²) in [6, 6.07) is 14.5. The predicted molar refractivity (Wildman–Crippen MR) is 106 cm³/mol. The molecule has 0 spiro atoms. The highest BCUT2D eigenvalue weighted by atomic mass is 32.1. The summed E-state index contributed by atoms with van der Waals surface area (Å²) in [4.78, 5) is 5.33. The van der Waals surface area contributed by atoms with Crippen LogP contribution in [-0.2, 0) is 0 Å². The molecule has 3 aromatic rings. The molecule has 1 aromatic heterocycles. The Morgan fingerprint density at radius 1 is 1.15 bits per heavy atom. The fourth-order valence-electron chi connectivity index (χ4n) is 2.27. The van der Waals surface area contributed by atoms with Gasteiger partial charge in [0.2, 0.25) is 4.80 Å². The van der Waals surface area contributed by atoms with E-state index in [-0.39, 0.29) is 11.5 Å². The SMILES string of the molecule is C=C(C)CN=c1scc(-c2ccccc2)n1N=Cc1ccc(O)c(O)c1. The van der Waals surface area contributed by atoms with E-state index in [1.807, 2.05) is 42.6 Å². The van der Waals surface area contributed by atoms with E-state index in [1.165, 1.54) is 23.5 Å². The van der Waals surface area contributed by atoms with Gasteiger partial charge in [0.25, 0.3) is 0 Å². The zero-order valence-electron chi connectivity index (χ0n) is 14.3. The number of thiazole rings is 1. The van der Waals surface area contributed by atoms with Crippen molar-refractivity contribution in [3.05, 3.63) is 76.4 Å². The summed E-state index contributed by atoms with van der Waals surface area (Å²) in [6.45, 7) is 6.35. The van der Waals surface area contributed by atoms with Crippen LogP contribution in [-0.4, -0.2) is 27.6 Å². The van der Waals surface area contributed by atoms with Gasteiger partial charge in [0.1, 0.15) is 0 Å². The number of aromatic nitrogens is 1. The molecule has 2 N–H and O–H groups in total. The first kappa shape index (κ1) is 17.7. The normalized spacial score (nSPS) is 12.0. The van der Waals surface area contributed by atoms with Crippen LogP contribution in [0.3, 0.4) is 0 Å². The molecule has 0 aliphatic heterocycles. The second-order valence-corrected chi connectivity index (χ2v) is 6.68. The molecule has 5 nitrogen and oxygen atoms in total. The van der Waals surface area contributed by atoms with E-state index in [1.54, 1.807) is 17.0 Å². The standard InChI is InChI=1S/C20H19N3O2S/c1-14(2)11-21-20-23(17(13-26-20)16-6-4-3-5-7-16)22-12-15-8-9-18(24)19(25)10-15/h3-10,12-13,24-25H,1,11H2,2H3. The predicted octanol–water partition coefficient (Wildman–Crippen LogP) is 3.99. The van der Waals surface area contributed by atoms with Crippen LogP contribution in [0.5, 0.6) is 11.5 Å². The van der Waals surface area contributed by atoms with Crippen molar-refractivity contribution in [2.45, 2.75) is 6.92 Å². The van der Waals surface area contributed by atoms with E-state index in [2.05, 4.69) is 16.7 Å². The summed E-state index contributed by atoms with van der Waals surface area (Å²) >= 11 is 1.51. The molecule has 0 radical (unpaired) electrons. The summed E-state index contributed by atoms with van der Waals surface area (Å²) in [7, 11) is 0. The molecule has 6 heteroatoms. The van der Waals surface area contributed by atoms with Gasteiger partial charge in [-0.25, -0.2) is 4.68 Å². The van der Waals surface area contributed by atoms with Crippen LogP contribution in [0.25, 0.3) is 11.3 Å². The Hall–Kier alpha value is -3.12. The summed E-state index contributed by atoms with van der Waals surface area (Å²) in [6.07, 6.45) is 1.62. The summed E-state index contributed by atoms with van der Waals surface area (Å²) in [5.41, 5.74) is 3.60. The van der Waals surface area contributed by atoms with E-state index in [0.717, 1.165) is 21.6 Å². The summed E-state index contributed by atoms with van der Waals surface area (Å²) < 4.78 is 1.77. The van der Waals surface area contributed by atoms with Crippen LogP contribution >= 0.6 is 11.3 Å². The van der Waals surface area contributed by atoms with E-state index < -0.39 is 0 Å². The van der Waals surface area contributed by atoms with Crippen molar-refractivity contribution in [2.24, 2.45) is 10.1 Å². The van der Waals surface area contributed by atoms with E-state index >= 15 is 0 Å². The third kappa shape index (κ3) is 4.10. The molecule has 0 saturated carbocycles. The van der Waals surface area contributed by atoms with Crippen LogP contribution in [0.2, 0.25) is 0 Å². The number of phenolic OH excluding ortho intramolecular Hbond substituents is 2. The molecule has 0 bridgehead atoms. The number of hydrogen-bond donors (Lipinski definition) is 2. The molecule has 0 fully saturated rings. The molecule has 2 aromatic carbocycles. The molecule has 3 rings (SSSR count). The van der Waals surface area contributed by atoms with Crippen molar-refractivity contribution in [2.75, 3.05) is 6.54 Å². The largest absolute Gasteiger partial charge is 0.504 e. The van der Waals surface area contributed by atoms with Crippen molar-refractivity contribution in [3.8, 4) is 22.8 Å². The third-order valence-electron chi connectivity index (χ3n) is 3.56. The minimum atomic E-state index is -0.181. The van der Waals surface area contributed by atoms with Gasteiger partial charge in [0, 0.05) is 10.9 Å². The lowest BCUT2D eigenvalue weighted by Gasteiger charge is -2.04. The van der Waals surface area contributed by atoms with Gasteiger partial charge in [-0.05, 0) is 30.7 Å². The maximum absolute atomic E-state index is 9.65. The summed E-state index contributed by atoms with van der Waals surface area (Å²) in [5.74, 6) is -0.341. The first-order valence-corrected chi connectivity index (χ1v) is 8.90. The molecule has 0 saturated heterocycles. The molecule has 26 heavy (non-hydrogen) atoms. The molecular formula is C20H19N3O2S. The molecule has 132 valence electrons. The van der Waals surface area contributed by atoms with Gasteiger partial charge in [0.05, 0.1) is 18.5 Å². The Kier molecular flexibility index (Phi) is 5.34. The molecule has 1 heterocycles. The van der Waals surface area contributed by atoms with Crippen LogP contribution < -0.4 is 4.80 Å². The second kappa shape index (κ2) is 7.84. The highest BCUT2D eigenvalue weighted by molar-refractivity contribution is 7.07. The average molecular weight is 365 g/mol. The minimum absolute atomic E-state index is 0.160. The Bertz CT molecular complexity index is 1020. The van der Waals surface area contributed by atoms with Crippen LogP contribution in [0.15, 0.2) is 76.2 Å². The topological polar surface area (TPSA) is 70.1 Å². The molecule has 0 amide bonds. The van der Waals surface area contributed by atoms with Gasteiger partial charge in [-0.15, -0.1) is 11.3 Å². The quantitative estimate of drug-likeness (QED) is 0.408. The lowest BCUT2D eigenvalue weighted by Crippen LogP contribution is -2.13. The van der Waals surface area contributed by atoms with Gasteiger partial charge in [0.15, 0.2) is 11.5 Å². The number of rotatable bonds is 5. The average Bonchev–Trinajstić information content (AvgIpc) is 3.04. The zero-order valence-corrected chi connectivity index (χ0v) is 15.1. The fraction of sp³-hybridized carbons (Fsp3) is 0.100. The lowest BCUT2D eigenvalue weighted by atomic mass is 10.2. The number of aromatic hydroxyl groups is 2. The van der Waals surface area contributed by atoms with Crippen molar-refractivity contribution >= 4 is 17.6 Å². The fourth-order valence-corrected chi connectivity index (χ4v) is 3.11. The van der Waals surface area contributed by atoms with E-state index in [9.17, 15) is 10.2 Å². The van der Waals surface area contributed by atoms with Crippen molar-refractivity contribution in [1.29, 1.82) is 0 Å². The highest BCUT2D eigenvalue weighted by Crippen LogP contribution is 2.24. The number of hydrogen-bond acceptors (Lipinski definition) is 5. The lowest BCUT2D eigenvalue weighted by molar-refractivity contribution is 0.403. The highest BCUT2D eigenvalue weighted by Gasteiger charge is 2.07. The Morgan fingerprint density at radius 2 is 1.92 bits per heavy atom. The first-order chi connectivity index (χ1) is 12.5. The van der Waals surface area contributed by atoms with Crippen LogP contribution in [0, 0.1) is 0 Å². The van der Waals surface area contributed by atoms with E-state index in [4.69, 9.17) is 0 Å². The summed E-state index contributed by atoms with van der Waals surface area (Å²) in [5, 5.41) is 25.6. The Morgan fingerprint density at radius 3 is 2.62 bits per heavy atom. The maximum Gasteiger partial charge on any atom is 0.206 e. The molecule has 0 aliphatic rings. The third-order valence-corrected chi connectivity index (χ3v) is 4.41. The number of phenols is 2.